The van der Waals surface area contributed by atoms with Crippen molar-refractivity contribution >= 4 is 21.6 Å². The lowest BCUT2D eigenvalue weighted by molar-refractivity contribution is 0.182. The smallest absolute Gasteiger partial charge is 0.214 e. The van der Waals surface area contributed by atoms with Gasteiger partial charge >= 0.3 is 0 Å². The van der Waals surface area contributed by atoms with Crippen LogP contribution in [0.1, 0.15) is 6.04 Å². The fraction of sp³-hybridized carbons (Fsp3) is 0.438. The minimum atomic E-state index is -3.36. The first kappa shape index (κ1) is 18.3. The Bertz CT molecular complexity index is 849. The zero-order chi connectivity index (χ0) is 18.2. The summed E-state index contributed by atoms with van der Waals surface area (Å²) in [5, 5.41) is 0.277. The maximum atomic E-state index is 13.7. The number of rotatable bonds is 5. The molecule has 25 heavy (non-hydrogen) atoms. The van der Waals surface area contributed by atoms with Crippen molar-refractivity contribution in [3.8, 4) is 11.4 Å². The van der Waals surface area contributed by atoms with Gasteiger partial charge in [-0.1, -0.05) is 11.6 Å². The average Bonchev–Trinajstić information content (AvgIpc) is 3.13. The van der Waals surface area contributed by atoms with Crippen LogP contribution in [0, 0.1) is 11.7 Å². The molecule has 0 aliphatic carbocycles. The molecule has 1 aromatic heterocycles. The molecule has 2 heterocycles. The van der Waals surface area contributed by atoms with Gasteiger partial charge in [-0.3, -0.25) is 0 Å². The second-order valence-electron chi connectivity index (χ2n) is 6.24. The number of imidazole rings is 1. The summed E-state index contributed by atoms with van der Waals surface area (Å²) in [6, 6.07) is 4.01. The van der Waals surface area contributed by atoms with E-state index >= 15 is 0 Å². The second kappa shape index (κ2) is 7.03. The van der Waals surface area contributed by atoms with Crippen LogP contribution < -0.4 is 0 Å². The summed E-state index contributed by atoms with van der Waals surface area (Å²) >= 11 is 5.94. The molecule has 1 aliphatic heterocycles. The molecule has 1 saturated heterocycles. The summed E-state index contributed by atoms with van der Waals surface area (Å²) in [6.07, 6.45) is 3.35. The molecule has 1 fully saturated rings. The zero-order valence-corrected chi connectivity index (χ0v) is 15.5. The van der Waals surface area contributed by atoms with E-state index in [1.807, 2.05) is 4.57 Å². The Labute approximate surface area is 151 Å². The van der Waals surface area contributed by atoms with Crippen LogP contribution in [0.5, 0.6) is 0 Å². The molecule has 2 aromatic rings. The van der Waals surface area contributed by atoms with Gasteiger partial charge < -0.3 is 9.30 Å². The van der Waals surface area contributed by atoms with E-state index in [1.54, 1.807) is 18.5 Å². The van der Waals surface area contributed by atoms with Gasteiger partial charge in [0.15, 0.2) is 0 Å². The molecule has 0 spiro atoms. The first-order valence-corrected chi connectivity index (χ1v) is 9.74. The molecule has 0 bridgehead atoms. The summed E-state index contributed by atoms with van der Waals surface area (Å²) < 4.78 is 46.7. The van der Waals surface area contributed by atoms with E-state index in [1.165, 1.54) is 30.5 Å². The van der Waals surface area contributed by atoms with Crippen LogP contribution in [0.4, 0.5) is 4.39 Å². The van der Waals surface area contributed by atoms with Crippen LogP contribution in [-0.4, -0.2) is 55.3 Å². The molecule has 1 aliphatic rings. The van der Waals surface area contributed by atoms with Crippen LogP contribution in [0.3, 0.4) is 0 Å². The number of nitrogens with zero attached hydrogens (tertiary/aromatic N) is 3. The summed E-state index contributed by atoms with van der Waals surface area (Å²) in [5.41, 5.74) is 0.538. The third-order valence-electron chi connectivity index (χ3n) is 4.29. The number of sulfonamides is 1. The monoisotopic (exact) mass is 387 g/mol. The topological polar surface area (TPSA) is 64.4 Å². The van der Waals surface area contributed by atoms with E-state index in [4.69, 9.17) is 16.3 Å². The molecule has 1 aromatic carbocycles. The predicted octanol–water partition coefficient (Wildman–Crippen LogP) is 2.42. The number of benzene rings is 1. The molecule has 0 amide bonds. The van der Waals surface area contributed by atoms with Crippen LogP contribution in [0.25, 0.3) is 11.4 Å². The first-order chi connectivity index (χ1) is 11.8. The van der Waals surface area contributed by atoms with Crippen LogP contribution in [0.15, 0.2) is 30.6 Å². The molecular formula is C16H19ClFN3O3S. The lowest BCUT2D eigenvalue weighted by atomic mass is 10.1. The summed E-state index contributed by atoms with van der Waals surface area (Å²) in [4.78, 5) is 4.30. The molecule has 2 atom stereocenters. The summed E-state index contributed by atoms with van der Waals surface area (Å²) in [6.45, 7) is 0.722. The van der Waals surface area contributed by atoms with Crippen molar-refractivity contribution < 1.29 is 17.5 Å². The Morgan fingerprint density at radius 3 is 2.80 bits per heavy atom. The van der Waals surface area contributed by atoms with Gasteiger partial charge in [0, 0.05) is 43.0 Å². The molecule has 0 N–H and O–H groups in total. The van der Waals surface area contributed by atoms with Crippen LogP contribution >= 0.6 is 11.6 Å². The maximum Gasteiger partial charge on any atom is 0.214 e. The average molecular weight is 388 g/mol. The Hall–Kier alpha value is -1.48. The quantitative estimate of drug-likeness (QED) is 0.790. The highest BCUT2D eigenvalue weighted by Gasteiger charge is 2.35. The molecule has 0 saturated carbocycles. The second-order valence-corrected chi connectivity index (χ2v) is 8.91. The Morgan fingerprint density at radius 2 is 2.12 bits per heavy atom. The van der Waals surface area contributed by atoms with Crippen molar-refractivity contribution in [3.05, 3.63) is 41.4 Å². The van der Waals surface area contributed by atoms with Crippen molar-refractivity contribution in [1.29, 1.82) is 0 Å². The Kier molecular flexibility index (Phi) is 5.15. The lowest BCUT2D eigenvalue weighted by Gasteiger charge is -2.22. The van der Waals surface area contributed by atoms with Crippen LogP contribution in [-0.2, 0) is 14.8 Å². The number of ether oxygens (including phenoxy) is 1. The molecule has 6 nitrogen and oxygen atoms in total. The highest BCUT2D eigenvalue weighted by atomic mass is 35.5. The highest BCUT2D eigenvalue weighted by molar-refractivity contribution is 7.89. The molecular weight excluding hydrogens is 369 g/mol. The minimum absolute atomic E-state index is 0.0216. The normalized spacial score (nSPS) is 21.2. The van der Waals surface area contributed by atoms with Gasteiger partial charge in [-0.25, -0.2) is 22.1 Å². The van der Waals surface area contributed by atoms with E-state index < -0.39 is 15.8 Å². The molecule has 3 rings (SSSR count). The summed E-state index contributed by atoms with van der Waals surface area (Å²) in [7, 11) is -0.335. The van der Waals surface area contributed by atoms with E-state index in [0.29, 0.717) is 24.6 Å². The van der Waals surface area contributed by atoms with E-state index in [0.717, 1.165) is 0 Å². The standard InChI is InChI=1S/C16H19ClFN3O3S/c1-20(2)25(22,23)10-12-8-24-9-15(12)21-4-3-19-16(21)11-5-13(17)7-14(18)6-11/h3-7,12,15H,8-10H2,1-2H3/t12-,15-/m1/s1. The lowest BCUT2D eigenvalue weighted by Crippen LogP contribution is -2.32. The van der Waals surface area contributed by atoms with Crippen molar-refractivity contribution in [2.75, 3.05) is 33.1 Å². The fourth-order valence-electron chi connectivity index (χ4n) is 2.96. The fourth-order valence-corrected chi connectivity index (χ4v) is 4.34. The first-order valence-electron chi connectivity index (χ1n) is 7.75. The highest BCUT2D eigenvalue weighted by Crippen LogP contribution is 2.32. The van der Waals surface area contributed by atoms with Gasteiger partial charge in [-0.05, 0) is 18.2 Å². The largest absolute Gasteiger partial charge is 0.379 e. The predicted molar refractivity (Wildman–Crippen MR) is 93.5 cm³/mol. The molecule has 9 heteroatoms. The summed E-state index contributed by atoms with van der Waals surface area (Å²) in [5.74, 6) is -0.161. The number of halogens is 2. The zero-order valence-electron chi connectivity index (χ0n) is 13.9. The van der Waals surface area contributed by atoms with Crippen molar-refractivity contribution in [1.82, 2.24) is 13.9 Å². The third-order valence-corrected chi connectivity index (χ3v) is 6.47. The Morgan fingerprint density at radius 1 is 1.36 bits per heavy atom. The number of hydrogen-bond donors (Lipinski definition) is 0. The van der Waals surface area contributed by atoms with Gasteiger partial charge in [0.25, 0.3) is 0 Å². The van der Waals surface area contributed by atoms with Crippen molar-refractivity contribution in [2.45, 2.75) is 6.04 Å². The van der Waals surface area contributed by atoms with Gasteiger partial charge in [-0.2, -0.15) is 0 Å². The maximum absolute atomic E-state index is 13.7. The van der Waals surface area contributed by atoms with Crippen LogP contribution in [0.2, 0.25) is 5.02 Å². The number of hydrogen-bond acceptors (Lipinski definition) is 4. The third kappa shape index (κ3) is 3.87. The molecule has 0 radical (unpaired) electrons. The molecule has 0 unspecified atom stereocenters. The number of aromatic nitrogens is 2. The van der Waals surface area contributed by atoms with E-state index in [9.17, 15) is 12.8 Å². The molecule has 136 valence electrons. The van der Waals surface area contributed by atoms with Gasteiger partial charge in [0.2, 0.25) is 10.0 Å². The van der Waals surface area contributed by atoms with E-state index in [-0.39, 0.29) is 22.7 Å². The SMILES string of the molecule is CN(C)S(=O)(=O)C[C@H]1COC[C@H]1n1ccnc1-c1cc(F)cc(Cl)c1. The van der Waals surface area contributed by atoms with Crippen molar-refractivity contribution in [2.24, 2.45) is 5.92 Å². The van der Waals surface area contributed by atoms with E-state index in [2.05, 4.69) is 4.98 Å². The minimum Gasteiger partial charge on any atom is -0.379 e. The van der Waals surface area contributed by atoms with Crippen molar-refractivity contribution in [3.63, 3.8) is 0 Å². The van der Waals surface area contributed by atoms with Gasteiger partial charge in [-0.15, -0.1) is 0 Å². The van der Waals surface area contributed by atoms with Gasteiger partial charge in [0.1, 0.15) is 11.6 Å². The Balaban J connectivity index is 1.93. The van der Waals surface area contributed by atoms with Gasteiger partial charge in [0.05, 0.1) is 25.0 Å².